The standard InChI is InChI=1S/C14H22FN3/c1-3-12-10-17(2)7-4-8-18(12)14-6-5-11(15)9-13(14)16/h5-6,9,12H,3-4,7-8,10,16H2,1-2H3. The van der Waals surface area contributed by atoms with E-state index in [1.54, 1.807) is 6.07 Å². The lowest BCUT2D eigenvalue weighted by molar-refractivity contribution is 0.328. The molecule has 0 saturated carbocycles. The fourth-order valence-corrected chi connectivity index (χ4v) is 2.70. The highest BCUT2D eigenvalue weighted by Gasteiger charge is 2.23. The van der Waals surface area contributed by atoms with E-state index in [-0.39, 0.29) is 5.82 Å². The molecule has 1 aromatic rings. The van der Waals surface area contributed by atoms with Crippen LogP contribution in [0.3, 0.4) is 0 Å². The first kappa shape index (κ1) is 13.1. The molecule has 0 spiro atoms. The lowest BCUT2D eigenvalue weighted by Crippen LogP contribution is -2.40. The van der Waals surface area contributed by atoms with Crippen molar-refractivity contribution < 1.29 is 4.39 Å². The zero-order chi connectivity index (χ0) is 13.1. The van der Waals surface area contributed by atoms with Gasteiger partial charge in [-0.15, -0.1) is 0 Å². The third-order valence-corrected chi connectivity index (χ3v) is 3.67. The van der Waals surface area contributed by atoms with Gasteiger partial charge in [0.05, 0.1) is 11.4 Å². The molecular weight excluding hydrogens is 229 g/mol. The van der Waals surface area contributed by atoms with Crippen LogP contribution in [0.5, 0.6) is 0 Å². The van der Waals surface area contributed by atoms with Gasteiger partial charge in [0, 0.05) is 19.1 Å². The summed E-state index contributed by atoms with van der Waals surface area (Å²) in [4.78, 5) is 4.69. The van der Waals surface area contributed by atoms with Crippen LogP contribution < -0.4 is 10.6 Å². The SMILES string of the molecule is CCC1CN(C)CCCN1c1ccc(F)cc1N. The molecule has 1 saturated heterocycles. The second-order valence-corrected chi connectivity index (χ2v) is 5.07. The molecule has 2 N–H and O–H groups in total. The summed E-state index contributed by atoms with van der Waals surface area (Å²) in [5.74, 6) is -0.267. The lowest BCUT2D eigenvalue weighted by Gasteiger charge is -2.33. The van der Waals surface area contributed by atoms with Crippen LogP contribution >= 0.6 is 0 Å². The van der Waals surface area contributed by atoms with Crippen LogP contribution in [0.15, 0.2) is 18.2 Å². The second kappa shape index (κ2) is 5.57. The molecule has 2 rings (SSSR count). The minimum Gasteiger partial charge on any atom is -0.397 e. The van der Waals surface area contributed by atoms with Crippen LogP contribution in [-0.2, 0) is 0 Å². The Hall–Kier alpha value is -1.29. The minimum atomic E-state index is -0.267. The number of hydrogen-bond donors (Lipinski definition) is 1. The summed E-state index contributed by atoms with van der Waals surface area (Å²) in [6.07, 6.45) is 2.19. The maximum Gasteiger partial charge on any atom is 0.125 e. The van der Waals surface area contributed by atoms with E-state index in [1.165, 1.54) is 12.1 Å². The summed E-state index contributed by atoms with van der Waals surface area (Å²) in [6.45, 7) is 5.32. The highest BCUT2D eigenvalue weighted by molar-refractivity contribution is 5.68. The molecule has 1 aromatic carbocycles. The highest BCUT2D eigenvalue weighted by Crippen LogP contribution is 2.28. The van der Waals surface area contributed by atoms with Crippen LogP contribution in [0.1, 0.15) is 19.8 Å². The van der Waals surface area contributed by atoms with Crippen LogP contribution in [0.4, 0.5) is 15.8 Å². The van der Waals surface area contributed by atoms with Crippen molar-refractivity contribution in [3.8, 4) is 0 Å². The molecule has 1 heterocycles. The molecule has 1 fully saturated rings. The summed E-state index contributed by atoms with van der Waals surface area (Å²) in [7, 11) is 2.15. The third kappa shape index (κ3) is 2.75. The van der Waals surface area contributed by atoms with Crippen molar-refractivity contribution in [3.05, 3.63) is 24.0 Å². The van der Waals surface area contributed by atoms with E-state index in [2.05, 4.69) is 23.8 Å². The van der Waals surface area contributed by atoms with Gasteiger partial charge in [0.1, 0.15) is 5.82 Å². The number of nitrogens with two attached hydrogens (primary N) is 1. The highest BCUT2D eigenvalue weighted by atomic mass is 19.1. The Morgan fingerprint density at radius 2 is 2.17 bits per heavy atom. The smallest absolute Gasteiger partial charge is 0.125 e. The summed E-state index contributed by atoms with van der Waals surface area (Å²) >= 11 is 0. The second-order valence-electron chi connectivity index (χ2n) is 5.07. The minimum absolute atomic E-state index is 0.267. The first-order valence-corrected chi connectivity index (χ1v) is 6.62. The van der Waals surface area contributed by atoms with E-state index in [1.807, 2.05) is 0 Å². The van der Waals surface area contributed by atoms with Crippen molar-refractivity contribution in [1.82, 2.24) is 4.90 Å². The third-order valence-electron chi connectivity index (χ3n) is 3.67. The molecule has 1 unspecified atom stereocenters. The average Bonchev–Trinajstić information content (AvgIpc) is 2.51. The lowest BCUT2D eigenvalue weighted by atomic mass is 10.1. The molecule has 0 bridgehead atoms. The first-order valence-electron chi connectivity index (χ1n) is 6.62. The van der Waals surface area contributed by atoms with Crippen LogP contribution in [-0.4, -0.2) is 37.6 Å². The maximum absolute atomic E-state index is 13.1. The molecule has 0 aromatic heterocycles. The van der Waals surface area contributed by atoms with Gasteiger partial charge in [-0.2, -0.15) is 0 Å². The molecule has 4 heteroatoms. The molecule has 0 amide bonds. The number of hydrogen-bond acceptors (Lipinski definition) is 3. The largest absolute Gasteiger partial charge is 0.397 e. The topological polar surface area (TPSA) is 32.5 Å². The summed E-state index contributed by atoms with van der Waals surface area (Å²) in [5.41, 5.74) is 7.47. The molecule has 0 aliphatic carbocycles. The molecule has 1 atom stereocenters. The number of anilines is 2. The van der Waals surface area contributed by atoms with Gasteiger partial charge in [-0.3, -0.25) is 0 Å². The summed E-state index contributed by atoms with van der Waals surface area (Å²) in [6, 6.07) is 5.16. The van der Waals surface area contributed by atoms with E-state index >= 15 is 0 Å². The van der Waals surface area contributed by atoms with Crippen molar-refractivity contribution in [2.24, 2.45) is 0 Å². The van der Waals surface area contributed by atoms with Gasteiger partial charge in [0.2, 0.25) is 0 Å². The number of halogens is 1. The molecule has 18 heavy (non-hydrogen) atoms. The van der Waals surface area contributed by atoms with Crippen molar-refractivity contribution in [2.45, 2.75) is 25.8 Å². The van der Waals surface area contributed by atoms with Gasteiger partial charge in [0.25, 0.3) is 0 Å². The Morgan fingerprint density at radius 1 is 1.39 bits per heavy atom. The van der Waals surface area contributed by atoms with Crippen molar-refractivity contribution in [3.63, 3.8) is 0 Å². The molecule has 1 aliphatic heterocycles. The van der Waals surface area contributed by atoms with Crippen molar-refractivity contribution in [2.75, 3.05) is 37.3 Å². The molecule has 100 valence electrons. The normalized spacial score (nSPS) is 21.9. The van der Waals surface area contributed by atoms with Gasteiger partial charge in [-0.05, 0) is 44.6 Å². The first-order chi connectivity index (χ1) is 8.61. The van der Waals surface area contributed by atoms with Crippen molar-refractivity contribution >= 4 is 11.4 Å². The number of nitrogens with zero attached hydrogens (tertiary/aromatic N) is 2. The Balaban J connectivity index is 2.28. The van der Waals surface area contributed by atoms with Crippen LogP contribution in [0, 0.1) is 5.82 Å². The fraction of sp³-hybridized carbons (Fsp3) is 0.571. The number of rotatable bonds is 2. The quantitative estimate of drug-likeness (QED) is 0.819. The Bertz CT molecular complexity index is 408. The van der Waals surface area contributed by atoms with Crippen LogP contribution in [0.25, 0.3) is 0 Å². The van der Waals surface area contributed by atoms with Gasteiger partial charge < -0.3 is 15.5 Å². The van der Waals surface area contributed by atoms with Gasteiger partial charge in [-0.1, -0.05) is 6.92 Å². The monoisotopic (exact) mass is 251 g/mol. The maximum atomic E-state index is 13.1. The Kier molecular flexibility index (Phi) is 4.07. The van der Waals surface area contributed by atoms with E-state index in [4.69, 9.17) is 5.73 Å². The molecular formula is C14H22FN3. The molecule has 1 aliphatic rings. The van der Waals surface area contributed by atoms with E-state index < -0.39 is 0 Å². The Labute approximate surface area is 108 Å². The zero-order valence-corrected chi connectivity index (χ0v) is 11.2. The predicted molar refractivity (Wildman–Crippen MR) is 74.4 cm³/mol. The van der Waals surface area contributed by atoms with Gasteiger partial charge >= 0.3 is 0 Å². The number of nitrogen functional groups attached to an aromatic ring is 1. The van der Waals surface area contributed by atoms with E-state index in [0.717, 1.165) is 38.2 Å². The molecule has 3 nitrogen and oxygen atoms in total. The number of benzene rings is 1. The van der Waals surface area contributed by atoms with Crippen molar-refractivity contribution in [1.29, 1.82) is 0 Å². The zero-order valence-electron chi connectivity index (χ0n) is 11.2. The summed E-state index contributed by atoms with van der Waals surface area (Å²) < 4.78 is 13.1. The fourth-order valence-electron chi connectivity index (χ4n) is 2.70. The van der Waals surface area contributed by atoms with Gasteiger partial charge in [0.15, 0.2) is 0 Å². The predicted octanol–water partition coefficient (Wildman–Crippen LogP) is 2.33. The Morgan fingerprint density at radius 3 is 2.83 bits per heavy atom. The van der Waals surface area contributed by atoms with E-state index in [0.29, 0.717) is 11.7 Å². The van der Waals surface area contributed by atoms with Crippen LogP contribution in [0.2, 0.25) is 0 Å². The van der Waals surface area contributed by atoms with E-state index in [9.17, 15) is 4.39 Å². The average molecular weight is 251 g/mol. The summed E-state index contributed by atoms with van der Waals surface area (Å²) in [5, 5.41) is 0. The number of likely N-dealkylation sites (N-methyl/N-ethyl adjacent to an activating group) is 1. The van der Waals surface area contributed by atoms with Gasteiger partial charge in [-0.25, -0.2) is 4.39 Å². The molecule has 0 radical (unpaired) electrons.